The van der Waals surface area contributed by atoms with Crippen molar-refractivity contribution in [1.82, 2.24) is 0 Å². The van der Waals surface area contributed by atoms with E-state index in [4.69, 9.17) is 14.2 Å². The van der Waals surface area contributed by atoms with E-state index in [2.05, 4.69) is 0 Å². The van der Waals surface area contributed by atoms with Crippen molar-refractivity contribution < 1.29 is 56.9 Å². The van der Waals surface area contributed by atoms with E-state index in [1.54, 1.807) is 0 Å². The van der Waals surface area contributed by atoms with Crippen molar-refractivity contribution in [2.45, 2.75) is 75.3 Å². The Hall–Kier alpha value is -2.06. The number of hydrogen-bond acceptors (Lipinski definition) is 9. The zero-order chi connectivity index (χ0) is 23.6. The molecule has 0 aliphatic heterocycles. The molecule has 0 saturated heterocycles. The van der Waals surface area contributed by atoms with Crippen molar-refractivity contribution >= 4 is 35.3 Å². The first-order valence-corrected chi connectivity index (χ1v) is 12.4. The van der Waals surface area contributed by atoms with Crippen molar-refractivity contribution in [3.63, 3.8) is 0 Å². The number of ether oxygens (including phenoxy) is 3. The summed E-state index contributed by atoms with van der Waals surface area (Å²) >= 11 is -0.679. The Balaban J connectivity index is 4.30. The summed E-state index contributed by atoms with van der Waals surface area (Å²) in [5, 5.41) is 2.49. The molecule has 0 aromatic heterocycles. The van der Waals surface area contributed by atoms with Gasteiger partial charge in [0.05, 0.1) is 0 Å². The summed E-state index contributed by atoms with van der Waals surface area (Å²) in [5.74, 6) is -2.33. The molecule has 0 aliphatic rings. The third-order valence-electron chi connectivity index (χ3n) is 3.53. The second kappa shape index (κ2) is 17.6. The Labute approximate surface area is 187 Å². The Morgan fingerprint density at radius 1 is 0.516 bits per heavy atom. The number of esters is 3. The van der Waals surface area contributed by atoms with E-state index in [0.29, 0.717) is 19.3 Å². The minimum atomic E-state index is -0.679. The van der Waals surface area contributed by atoms with Crippen molar-refractivity contribution in [3.8, 4) is 0 Å². The molecule has 0 fully saturated rings. The molecular weight excluding hydrogens is 452 g/mol. The van der Waals surface area contributed by atoms with E-state index in [0.717, 1.165) is 16.0 Å². The molecule has 0 atom stereocenters. The molecule has 0 aromatic carbocycles. The minimum absolute atomic E-state index is 0.229. The number of carbonyl (C=O) groups excluding carboxylic acids is 6. The molecule has 31 heavy (non-hydrogen) atoms. The first-order valence-electron chi connectivity index (χ1n) is 10.1. The third kappa shape index (κ3) is 19.6. The molecular formula is C21H33FeO9. The van der Waals surface area contributed by atoms with Crippen LogP contribution in [-0.4, -0.2) is 55.1 Å². The summed E-state index contributed by atoms with van der Waals surface area (Å²) in [6.45, 7) is 4.68. The van der Waals surface area contributed by atoms with Crippen molar-refractivity contribution in [2.24, 2.45) is 0 Å². The number of Topliss-reactive ketones (excluding diaryl/α,β-unsaturated/α-hetero) is 3. The van der Waals surface area contributed by atoms with E-state index in [1.165, 1.54) is 20.8 Å². The average molecular weight is 485 g/mol. The van der Waals surface area contributed by atoms with Crippen LogP contribution < -0.4 is 0 Å². The first-order chi connectivity index (χ1) is 14.6. The Bertz CT molecular complexity index is 545. The molecule has 0 rings (SSSR count). The maximum atomic E-state index is 11.4. The molecule has 0 aliphatic carbocycles. The van der Waals surface area contributed by atoms with Crippen molar-refractivity contribution in [2.75, 3.05) is 19.8 Å². The molecule has 179 valence electrons. The van der Waals surface area contributed by atoms with E-state index in [-0.39, 0.29) is 56.4 Å². The molecule has 0 radical (unpaired) electrons. The van der Waals surface area contributed by atoms with Gasteiger partial charge in [0.2, 0.25) is 0 Å². The zero-order valence-electron chi connectivity index (χ0n) is 18.5. The van der Waals surface area contributed by atoms with Gasteiger partial charge in [-0.05, 0) is 0 Å². The topological polar surface area (TPSA) is 130 Å². The monoisotopic (exact) mass is 485 g/mol. The van der Waals surface area contributed by atoms with Gasteiger partial charge in [0, 0.05) is 0 Å². The molecule has 0 spiro atoms. The van der Waals surface area contributed by atoms with Crippen LogP contribution in [0.3, 0.4) is 0 Å². The van der Waals surface area contributed by atoms with Crippen LogP contribution in [0.5, 0.6) is 0 Å². The molecule has 0 aromatic rings. The van der Waals surface area contributed by atoms with Gasteiger partial charge in [-0.25, -0.2) is 0 Å². The quantitative estimate of drug-likeness (QED) is 0.0945. The van der Waals surface area contributed by atoms with Crippen LogP contribution in [0.4, 0.5) is 0 Å². The SMILES string of the molecule is CC(=O)CC(=O)OCC[CH2][Fe]([CH2]CCOC(=O)CC(C)=O)[CH2]CCOC(=O)CC(C)=O. The maximum absolute atomic E-state index is 11.4. The molecule has 0 unspecified atom stereocenters. The van der Waals surface area contributed by atoms with Crippen LogP contribution in [-0.2, 0) is 56.9 Å². The normalized spacial score (nSPS) is 10.7. The van der Waals surface area contributed by atoms with E-state index in [1.807, 2.05) is 0 Å². The summed E-state index contributed by atoms with van der Waals surface area (Å²) in [7, 11) is 0. The third-order valence-corrected chi connectivity index (χ3v) is 7.04. The van der Waals surface area contributed by atoms with Gasteiger partial charge in [-0.3, -0.25) is 0 Å². The van der Waals surface area contributed by atoms with Gasteiger partial charge < -0.3 is 0 Å². The van der Waals surface area contributed by atoms with Crippen molar-refractivity contribution in [3.05, 3.63) is 0 Å². The van der Waals surface area contributed by atoms with Gasteiger partial charge in [-0.15, -0.1) is 0 Å². The summed E-state index contributed by atoms with van der Waals surface area (Å²) in [6, 6.07) is 0. The average Bonchev–Trinajstić information content (AvgIpc) is 2.63. The predicted molar refractivity (Wildman–Crippen MR) is 107 cm³/mol. The Morgan fingerprint density at radius 2 is 0.774 bits per heavy atom. The number of hydrogen-bond donors (Lipinski definition) is 0. The Morgan fingerprint density at radius 3 is 1.00 bits per heavy atom. The summed E-state index contributed by atoms with van der Waals surface area (Å²) in [4.78, 5) is 66.9. The van der Waals surface area contributed by atoms with Crippen molar-refractivity contribution in [1.29, 1.82) is 0 Å². The molecule has 0 heterocycles. The fourth-order valence-electron chi connectivity index (χ4n) is 2.27. The number of ketones is 3. The second-order valence-electron chi connectivity index (χ2n) is 6.92. The van der Waals surface area contributed by atoms with Gasteiger partial charge in [-0.1, -0.05) is 0 Å². The van der Waals surface area contributed by atoms with Gasteiger partial charge >= 0.3 is 187 Å². The van der Waals surface area contributed by atoms with Crippen LogP contribution in [0.15, 0.2) is 0 Å². The van der Waals surface area contributed by atoms with Gasteiger partial charge in [0.25, 0.3) is 0 Å². The Kier molecular flexibility index (Phi) is 16.4. The van der Waals surface area contributed by atoms with E-state index < -0.39 is 31.8 Å². The van der Waals surface area contributed by atoms with Gasteiger partial charge in [-0.2, -0.15) is 0 Å². The number of rotatable bonds is 18. The molecule has 0 saturated carbocycles. The molecule has 9 nitrogen and oxygen atoms in total. The first kappa shape index (κ1) is 28.9. The summed E-state index contributed by atoms with van der Waals surface area (Å²) < 4.78 is 15.1. The molecule has 0 N–H and O–H groups in total. The van der Waals surface area contributed by atoms with Crippen LogP contribution in [0.2, 0.25) is 16.0 Å². The summed E-state index contributed by atoms with van der Waals surface area (Å²) in [6.07, 6.45) is 1.27. The number of carbonyl (C=O) groups is 6. The van der Waals surface area contributed by atoms with E-state index >= 15 is 0 Å². The van der Waals surface area contributed by atoms with Crippen LogP contribution in [0.1, 0.15) is 59.3 Å². The van der Waals surface area contributed by atoms with Crippen LogP contribution in [0, 0.1) is 0 Å². The van der Waals surface area contributed by atoms with Crippen LogP contribution >= 0.6 is 0 Å². The fourth-order valence-corrected chi connectivity index (χ4v) is 5.23. The predicted octanol–water partition coefficient (Wildman–Crippen LogP) is 2.60. The molecule has 0 amide bonds. The molecule has 0 bridgehead atoms. The van der Waals surface area contributed by atoms with Gasteiger partial charge in [0.1, 0.15) is 0 Å². The fraction of sp³-hybridized carbons (Fsp3) is 0.714. The van der Waals surface area contributed by atoms with E-state index in [9.17, 15) is 28.8 Å². The summed E-state index contributed by atoms with van der Waals surface area (Å²) in [5.41, 5.74) is 0. The standard InChI is InChI=1S/3C7H11O3.Fe/c3*1-3-4-10-7(9)5-6(2)8;/h3*1,3-5H2,2H3;. The second-order valence-corrected chi connectivity index (χ2v) is 10.2. The van der Waals surface area contributed by atoms with Crippen LogP contribution in [0.25, 0.3) is 0 Å². The molecule has 10 heteroatoms. The zero-order valence-corrected chi connectivity index (χ0v) is 19.6. The van der Waals surface area contributed by atoms with Gasteiger partial charge in [0.15, 0.2) is 0 Å².